The molecule has 0 N–H and O–H groups in total. The summed E-state index contributed by atoms with van der Waals surface area (Å²) in [5, 5.41) is 12.5. The lowest BCUT2D eigenvalue weighted by Gasteiger charge is -2.53. The molecule has 0 aromatic heterocycles. The number of ketones is 2. The van der Waals surface area contributed by atoms with E-state index < -0.39 is 10.8 Å². The highest BCUT2D eigenvalue weighted by Gasteiger charge is 2.55. The number of carbonyl (C=O) groups is 2. The number of rotatable bonds is 2. The second-order valence-electron chi connectivity index (χ2n) is 7.87. The van der Waals surface area contributed by atoms with Gasteiger partial charge in [0.05, 0.1) is 11.0 Å². The van der Waals surface area contributed by atoms with Crippen LogP contribution in [0.5, 0.6) is 0 Å². The molecule has 3 rings (SSSR count). The molecule has 0 radical (unpaired) electrons. The number of fused-ring (bicyclic) bond motifs is 3. The summed E-state index contributed by atoms with van der Waals surface area (Å²) < 4.78 is 0. The lowest BCUT2D eigenvalue weighted by atomic mass is 9.48. The molecule has 0 amide bonds. The van der Waals surface area contributed by atoms with Crippen LogP contribution >= 0.6 is 30.1 Å². The molecule has 0 heterocycles. The van der Waals surface area contributed by atoms with Gasteiger partial charge in [0.25, 0.3) is 0 Å². The highest BCUT2D eigenvalue weighted by atomic mass is 127. The molecule has 3 nitrogen and oxygen atoms in total. The van der Waals surface area contributed by atoms with Crippen LogP contribution in [0.2, 0.25) is 0 Å². The average Bonchev–Trinajstić information content (AvgIpc) is 2.65. The number of nitriles is 1. The second-order valence-corrected chi connectivity index (χ2v) is 9.55. The van der Waals surface area contributed by atoms with Crippen LogP contribution < -0.4 is 0 Å². The van der Waals surface area contributed by atoms with Crippen molar-refractivity contribution in [2.75, 3.05) is 0 Å². The monoisotopic (exact) mass is 491 g/mol. The zero-order chi connectivity index (χ0) is 19.8. The number of nitrogens with zero attached hydrogens (tertiary/aromatic N) is 1. The quantitative estimate of drug-likeness (QED) is 0.387. The summed E-state index contributed by atoms with van der Waals surface area (Å²) in [6.07, 6.45) is 8.78. The summed E-state index contributed by atoms with van der Waals surface area (Å²) in [6.45, 7) is 6.25. The Morgan fingerprint density at radius 2 is 2.11 bits per heavy atom. The number of Topliss-reactive ketones (excluding diaryl/α,β-unsaturated/α-hetero) is 1. The first-order valence-electron chi connectivity index (χ1n) is 9.28. The fourth-order valence-electron chi connectivity index (χ4n) is 5.15. The topological polar surface area (TPSA) is 57.9 Å². The Bertz CT molecular complexity index is 897. The van der Waals surface area contributed by atoms with Crippen molar-refractivity contribution in [1.82, 2.24) is 0 Å². The molecule has 1 fully saturated rings. The van der Waals surface area contributed by atoms with E-state index in [1.807, 2.05) is 13.0 Å². The first-order valence-corrected chi connectivity index (χ1v) is 12.6. The summed E-state index contributed by atoms with van der Waals surface area (Å²) in [7, 11) is 1.41. The fraction of sp³-hybridized carbons (Fsp3) is 0.500. The third-order valence-electron chi connectivity index (χ3n) is 6.37. The average molecular weight is 491 g/mol. The van der Waals surface area contributed by atoms with Gasteiger partial charge in [0.15, 0.2) is 11.6 Å². The van der Waals surface area contributed by atoms with Gasteiger partial charge in [-0.1, -0.05) is 39.2 Å². The van der Waals surface area contributed by atoms with Gasteiger partial charge in [0.1, 0.15) is 6.07 Å². The smallest absolute Gasteiger partial charge is 0.196 e. The Kier molecular flexibility index (Phi) is 5.75. The van der Waals surface area contributed by atoms with Crippen molar-refractivity contribution in [3.63, 3.8) is 0 Å². The standard InChI is InChI=1S/C22H22INO2S/c1-4-5-15-11-21(3)17(14(2)20(15)26)6-7-22(8-9-27-23)12-16(13-24)18(25)10-19(21)22/h10-12,14,17H,4-7H2,1-3H3. The van der Waals surface area contributed by atoms with Gasteiger partial charge in [-0.05, 0) is 62.7 Å². The second kappa shape index (κ2) is 7.60. The highest BCUT2D eigenvalue weighted by molar-refractivity contribution is 14.2. The van der Waals surface area contributed by atoms with E-state index in [1.165, 1.54) is 8.93 Å². The number of hydrogen-bond donors (Lipinski definition) is 0. The zero-order valence-electron chi connectivity index (χ0n) is 15.8. The molecule has 27 heavy (non-hydrogen) atoms. The van der Waals surface area contributed by atoms with E-state index in [-0.39, 0.29) is 29.0 Å². The molecule has 3 aliphatic carbocycles. The minimum Gasteiger partial charge on any atom is -0.294 e. The van der Waals surface area contributed by atoms with Crippen LogP contribution in [0, 0.1) is 45.2 Å². The van der Waals surface area contributed by atoms with Gasteiger partial charge in [0, 0.05) is 32.5 Å². The molecule has 4 atom stereocenters. The zero-order valence-corrected chi connectivity index (χ0v) is 18.7. The van der Waals surface area contributed by atoms with Crippen LogP contribution in [0.1, 0.15) is 46.5 Å². The molecular weight excluding hydrogens is 469 g/mol. The van der Waals surface area contributed by atoms with Gasteiger partial charge in [-0.15, -0.1) is 0 Å². The Hall–Kier alpha value is -1.31. The first-order chi connectivity index (χ1) is 12.8. The third kappa shape index (κ3) is 3.23. The van der Waals surface area contributed by atoms with Crippen molar-refractivity contribution in [2.24, 2.45) is 22.7 Å². The highest BCUT2D eigenvalue weighted by Crippen LogP contribution is 2.60. The summed E-state index contributed by atoms with van der Waals surface area (Å²) >= 11 is 2.14. The van der Waals surface area contributed by atoms with E-state index in [0.717, 1.165) is 36.8 Å². The van der Waals surface area contributed by atoms with Crippen molar-refractivity contribution in [3.05, 3.63) is 34.9 Å². The minimum absolute atomic E-state index is 0.0659. The van der Waals surface area contributed by atoms with Gasteiger partial charge in [-0.3, -0.25) is 9.59 Å². The van der Waals surface area contributed by atoms with Crippen LogP contribution in [0.15, 0.2) is 34.9 Å². The van der Waals surface area contributed by atoms with E-state index in [9.17, 15) is 14.9 Å². The van der Waals surface area contributed by atoms with Crippen molar-refractivity contribution < 1.29 is 9.59 Å². The number of hydrogen-bond acceptors (Lipinski definition) is 4. The maximum absolute atomic E-state index is 12.8. The summed E-state index contributed by atoms with van der Waals surface area (Å²) in [5.74, 6) is 3.44. The predicted octanol–water partition coefficient (Wildman–Crippen LogP) is 5.34. The normalized spacial score (nSPS) is 34.9. The lowest BCUT2D eigenvalue weighted by molar-refractivity contribution is -0.123. The molecule has 140 valence electrons. The van der Waals surface area contributed by atoms with E-state index in [1.54, 1.807) is 12.2 Å². The third-order valence-corrected chi connectivity index (χ3v) is 7.21. The molecule has 4 unspecified atom stereocenters. The SMILES string of the molecule is CCCC1=CC2(C)C3=CC(=O)C(C#N)=CC3(C#CSI)CCC2C(C)C1=O. The van der Waals surface area contributed by atoms with Crippen LogP contribution in [-0.4, -0.2) is 11.6 Å². The molecule has 0 aromatic carbocycles. The van der Waals surface area contributed by atoms with Crippen molar-refractivity contribution in [3.8, 4) is 17.2 Å². The molecule has 0 saturated heterocycles. The van der Waals surface area contributed by atoms with E-state index in [4.69, 9.17) is 0 Å². The van der Waals surface area contributed by atoms with Gasteiger partial charge in [0.2, 0.25) is 0 Å². The molecule has 1 saturated carbocycles. The Morgan fingerprint density at radius 3 is 2.74 bits per heavy atom. The molecule has 0 spiro atoms. The molecule has 0 aliphatic heterocycles. The van der Waals surface area contributed by atoms with E-state index in [2.05, 4.69) is 52.3 Å². The van der Waals surface area contributed by atoms with Gasteiger partial charge in [-0.25, -0.2) is 0 Å². The Morgan fingerprint density at radius 1 is 1.37 bits per heavy atom. The number of halogens is 1. The summed E-state index contributed by atoms with van der Waals surface area (Å²) in [5.41, 5.74) is 1.01. The summed E-state index contributed by atoms with van der Waals surface area (Å²) in [4.78, 5) is 25.4. The molecular formula is C22H22INO2S. The summed E-state index contributed by atoms with van der Waals surface area (Å²) in [6, 6.07) is 2.04. The predicted molar refractivity (Wildman–Crippen MR) is 117 cm³/mol. The van der Waals surface area contributed by atoms with Crippen molar-refractivity contribution in [1.29, 1.82) is 5.26 Å². The van der Waals surface area contributed by atoms with Gasteiger partial charge < -0.3 is 0 Å². The lowest BCUT2D eigenvalue weighted by Crippen LogP contribution is -2.49. The number of carbonyl (C=O) groups excluding carboxylic acids is 2. The fourth-order valence-corrected chi connectivity index (χ4v) is 5.70. The largest absolute Gasteiger partial charge is 0.294 e. The number of allylic oxidation sites excluding steroid dienone is 6. The van der Waals surface area contributed by atoms with E-state index >= 15 is 0 Å². The molecule has 0 bridgehead atoms. The Labute approximate surface area is 177 Å². The maximum atomic E-state index is 12.8. The molecule has 3 aliphatic rings. The van der Waals surface area contributed by atoms with Crippen LogP contribution in [0.25, 0.3) is 0 Å². The molecule has 0 aromatic rings. The van der Waals surface area contributed by atoms with Crippen LogP contribution in [-0.2, 0) is 9.59 Å². The van der Waals surface area contributed by atoms with Gasteiger partial charge >= 0.3 is 0 Å². The van der Waals surface area contributed by atoms with E-state index in [0.29, 0.717) is 0 Å². The van der Waals surface area contributed by atoms with Crippen LogP contribution in [0.3, 0.4) is 0 Å². The Balaban J connectivity index is 2.23. The molecule has 5 heteroatoms. The maximum Gasteiger partial charge on any atom is 0.196 e. The van der Waals surface area contributed by atoms with Crippen LogP contribution in [0.4, 0.5) is 0 Å². The van der Waals surface area contributed by atoms with Crippen molar-refractivity contribution in [2.45, 2.75) is 46.5 Å². The van der Waals surface area contributed by atoms with Crippen molar-refractivity contribution >= 4 is 41.7 Å². The van der Waals surface area contributed by atoms with Gasteiger partial charge in [-0.2, -0.15) is 5.26 Å². The first kappa shape index (κ1) is 20.4. The minimum atomic E-state index is -0.601.